The molecule has 1 aliphatic carbocycles. The predicted octanol–water partition coefficient (Wildman–Crippen LogP) is 5.50. The van der Waals surface area contributed by atoms with Crippen molar-refractivity contribution in [3.63, 3.8) is 0 Å². The summed E-state index contributed by atoms with van der Waals surface area (Å²) in [6, 6.07) is 19.8. The minimum absolute atomic E-state index is 0.177. The molecule has 1 saturated heterocycles. The average molecular weight is 455 g/mol. The third kappa shape index (κ3) is 4.38. The van der Waals surface area contributed by atoms with E-state index in [1.165, 1.54) is 16.5 Å². The number of pyridine rings is 1. The molecule has 2 fully saturated rings. The Balaban J connectivity index is 1.31. The molecule has 0 amide bonds. The van der Waals surface area contributed by atoms with Crippen molar-refractivity contribution in [2.45, 2.75) is 37.8 Å². The van der Waals surface area contributed by atoms with E-state index in [9.17, 15) is 0 Å². The first kappa shape index (κ1) is 21.2. The number of ether oxygens (including phenoxy) is 2. The number of imidazole rings is 1. The van der Waals surface area contributed by atoms with Gasteiger partial charge in [0.25, 0.3) is 0 Å². The van der Waals surface area contributed by atoms with Crippen molar-refractivity contribution in [1.82, 2.24) is 14.5 Å². The van der Waals surface area contributed by atoms with E-state index >= 15 is 0 Å². The Bertz CT molecular complexity index is 1230. The van der Waals surface area contributed by atoms with Crippen LogP contribution in [0.25, 0.3) is 21.9 Å². The van der Waals surface area contributed by atoms with Crippen LogP contribution in [0.2, 0.25) is 0 Å². The molecule has 0 bridgehead atoms. The number of fused-ring (bicyclic) bond motifs is 1. The normalized spacial score (nSPS) is 21.0. The molecule has 6 nitrogen and oxygen atoms in total. The maximum absolute atomic E-state index is 6.66. The zero-order valence-electron chi connectivity index (χ0n) is 19.3. The van der Waals surface area contributed by atoms with Crippen LogP contribution in [0.15, 0.2) is 73.3 Å². The van der Waals surface area contributed by atoms with Gasteiger partial charge >= 0.3 is 0 Å². The van der Waals surface area contributed by atoms with Crippen LogP contribution < -0.4 is 9.64 Å². The van der Waals surface area contributed by atoms with Gasteiger partial charge in [-0.25, -0.2) is 4.98 Å². The number of nitrogens with zero attached hydrogens (tertiary/aromatic N) is 4. The second-order valence-corrected chi connectivity index (χ2v) is 9.25. The van der Waals surface area contributed by atoms with Crippen LogP contribution in [0.1, 0.15) is 31.7 Å². The lowest BCUT2D eigenvalue weighted by atomic mass is 9.93. The Labute approximate surface area is 200 Å². The highest BCUT2D eigenvalue weighted by Crippen LogP contribution is 2.36. The van der Waals surface area contributed by atoms with E-state index in [-0.39, 0.29) is 6.10 Å². The molecule has 0 unspecified atom stereocenters. The highest BCUT2D eigenvalue weighted by atomic mass is 16.5. The number of aromatic nitrogens is 3. The summed E-state index contributed by atoms with van der Waals surface area (Å²) >= 11 is 0. The van der Waals surface area contributed by atoms with Crippen LogP contribution in [-0.2, 0) is 4.74 Å². The van der Waals surface area contributed by atoms with Crippen LogP contribution >= 0.6 is 0 Å². The van der Waals surface area contributed by atoms with Crippen molar-refractivity contribution in [3.8, 4) is 17.0 Å². The van der Waals surface area contributed by atoms with Gasteiger partial charge in [-0.2, -0.15) is 4.98 Å². The SMILES string of the molecule is c1ccc(-c2ccc3cc(N4CCOCC4)nc(OC4CCC(n5ccnc5)CC4)c3c2)cc1. The molecule has 2 aromatic heterocycles. The van der Waals surface area contributed by atoms with Gasteiger partial charge in [-0.3, -0.25) is 0 Å². The average Bonchev–Trinajstić information content (AvgIpc) is 3.45. The molecule has 1 aliphatic heterocycles. The van der Waals surface area contributed by atoms with E-state index in [4.69, 9.17) is 14.5 Å². The van der Waals surface area contributed by atoms with Crippen molar-refractivity contribution in [3.05, 3.63) is 73.3 Å². The summed E-state index contributed by atoms with van der Waals surface area (Å²) in [6.45, 7) is 3.19. The smallest absolute Gasteiger partial charge is 0.223 e. The minimum atomic E-state index is 0.177. The number of hydrogen-bond donors (Lipinski definition) is 0. The van der Waals surface area contributed by atoms with Crippen LogP contribution in [0.4, 0.5) is 5.82 Å². The molecule has 3 heterocycles. The molecule has 2 aromatic carbocycles. The van der Waals surface area contributed by atoms with Gasteiger partial charge in [-0.15, -0.1) is 0 Å². The lowest BCUT2D eigenvalue weighted by Crippen LogP contribution is -2.36. The van der Waals surface area contributed by atoms with Crippen LogP contribution in [0, 0.1) is 0 Å². The lowest BCUT2D eigenvalue weighted by Gasteiger charge is -2.31. The predicted molar refractivity (Wildman–Crippen MR) is 134 cm³/mol. The second kappa shape index (κ2) is 9.47. The molecule has 34 heavy (non-hydrogen) atoms. The lowest BCUT2D eigenvalue weighted by molar-refractivity contribution is 0.121. The van der Waals surface area contributed by atoms with Crippen molar-refractivity contribution in [2.24, 2.45) is 0 Å². The fourth-order valence-electron chi connectivity index (χ4n) is 5.16. The molecule has 0 spiro atoms. The summed E-state index contributed by atoms with van der Waals surface area (Å²) in [4.78, 5) is 11.6. The van der Waals surface area contributed by atoms with Gasteiger partial charge in [0, 0.05) is 36.9 Å². The zero-order chi connectivity index (χ0) is 22.7. The van der Waals surface area contributed by atoms with E-state index in [1.807, 2.05) is 12.5 Å². The Kier molecular flexibility index (Phi) is 5.90. The summed E-state index contributed by atoms with van der Waals surface area (Å²) in [5.74, 6) is 1.73. The maximum Gasteiger partial charge on any atom is 0.223 e. The molecule has 1 saturated carbocycles. The van der Waals surface area contributed by atoms with Gasteiger partial charge in [0.05, 0.1) is 19.5 Å². The molecular weight excluding hydrogens is 424 g/mol. The molecule has 6 heteroatoms. The Morgan fingerprint density at radius 1 is 0.882 bits per heavy atom. The van der Waals surface area contributed by atoms with E-state index < -0.39 is 0 Å². The van der Waals surface area contributed by atoms with Crippen LogP contribution in [0.3, 0.4) is 0 Å². The van der Waals surface area contributed by atoms with Gasteiger partial charge in [0.15, 0.2) is 0 Å². The Morgan fingerprint density at radius 2 is 1.71 bits per heavy atom. The molecule has 2 aliphatic rings. The first-order valence-corrected chi connectivity index (χ1v) is 12.3. The quantitative estimate of drug-likeness (QED) is 0.399. The highest BCUT2D eigenvalue weighted by molar-refractivity contribution is 5.92. The minimum Gasteiger partial charge on any atom is -0.474 e. The summed E-state index contributed by atoms with van der Waals surface area (Å²) in [7, 11) is 0. The van der Waals surface area contributed by atoms with Crippen LogP contribution in [0.5, 0.6) is 5.88 Å². The van der Waals surface area contributed by atoms with Gasteiger partial charge < -0.3 is 18.9 Å². The van der Waals surface area contributed by atoms with E-state index in [0.717, 1.165) is 69.1 Å². The van der Waals surface area contributed by atoms with Crippen molar-refractivity contribution < 1.29 is 9.47 Å². The second-order valence-electron chi connectivity index (χ2n) is 9.25. The zero-order valence-corrected chi connectivity index (χ0v) is 19.3. The third-order valence-corrected chi connectivity index (χ3v) is 7.10. The number of benzene rings is 2. The first-order valence-electron chi connectivity index (χ1n) is 12.3. The molecule has 4 aromatic rings. The van der Waals surface area contributed by atoms with Gasteiger partial charge in [0.2, 0.25) is 5.88 Å². The van der Waals surface area contributed by atoms with Gasteiger partial charge in [0.1, 0.15) is 11.9 Å². The summed E-state index contributed by atoms with van der Waals surface area (Å²) in [5.41, 5.74) is 2.39. The van der Waals surface area contributed by atoms with Crippen molar-refractivity contribution >= 4 is 16.6 Å². The number of hydrogen-bond acceptors (Lipinski definition) is 5. The molecule has 174 valence electrons. The topological polar surface area (TPSA) is 52.4 Å². The molecule has 0 radical (unpaired) electrons. The Morgan fingerprint density at radius 3 is 2.47 bits per heavy atom. The largest absolute Gasteiger partial charge is 0.474 e. The molecule has 0 N–H and O–H groups in total. The van der Waals surface area contributed by atoms with E-state index in [0.29, 0.717) is 6.04 Å². The van der Waals surface area contributed by atoms with Crippen molar-refractivity contribution in [2.75, 3.05) is 31.2 Å². The summed E-state index contributed by atoms with van der Waals surface area (Å²) in [5, 5.41) is 2.24. The fourth-order valence-corrected chi connectivity index (χ4v) is 5.16. The van der Waals surface area contributed by atoms with Crippen molar-refractivity contribution in [1.29, 1.82) is 0 Å². The van der Waals surface area contributed by atoms with Gasteiger partial charge in [-0.05, 0) is 54.3 Å². The first-order chi connectivity index (χ1) is 16.8. The Hall–Kier alpha value is -3.38. The van der Waals surface area contributed by atoms with Gasteiger partial charge in [-0.1, -0.05) is 42.5 Å². The number of rotatable bonds is 5. The standard InChI is InChI=1S/C28H30N4O2/c1-2-4-21(5-3-1)22-6-7-23-19-27(31-14-16-33-17-15-31)30-28(26(23)18-22)34-25-10-8-24(9-11-25)32-13-12-29-20-32/h1-7,12-13,18-20,24-25H,8-11,14-17H2. The van der Waals surface area contributed by atoms with E-state index in [1.54, 1.807) is 0 Å². The third-order valence-electron chi connectivity index (χ3n) is 7.10. The number of morpholine rings is 1. The molecule has 0 atom stereocenters. The fraction of sp³-hybridized carbons (Fsp3) is 0.357. The number of anilines is 1. The summed E-state index contributed by atoms with van der Waals surface area (Å²) in [6.07, 6.45) is 10.3. The van der Waals surface area contributed by atoms with E-state index in [2.05, 4.69) is 75.2 Å². The highest BCUT2D eigenvalue weighted by Gasteiger charge is 2.25. The molecule has 6 rings (SSSR count). The maximum atomic E-state index is 6.66. The molecular formula is C28H30N4O2. The summed E-state index contributed by atoms with van der Waals surface area (Å²) < 4.78 is 14.5. The monoisotopic (exact) mass is 454 g/mol. The van der Waals surface area contributed by atoms with Crippen LogP contribution in [-0.4, -0.2) is 46.9 Å².